The standard InChI is InChI=1S/C31H43N3O3/c1-5-8-10-12-22-29(35)33(23-17-11-9-6-2)24(4)30-32-26-19-14-13-18-25(26)31(36)34(30)27-20-15-16-21-28(27)37-7-3/h13-16,18-21,24H,5-12,17,22-23H2,1-4H3. The molecule has 0 saturated carbocycles. The van der Waals surface area contributed by atoms with Crippen molar-refractivity contribution < 1.29 is 9.53 Å². The molecule has 1 unspecified atom stereocenters. The Morgan fingerprint density at radius 2 is 1.59 bits per heavy atom. The minimum absolute atomic E-state index is 0.132. The van der Waals surface area contributed by atoms with Crippen molar-refractivity contribution in [1.82, 2.24) is 14.5 Å². The molecule has 6 heteroatoms. The summed E-state index contributed by atoms with van der Waals surface area (Å²) in [6, 6.07) is 14.6. The SMILES string of the molecule is CCCCCCC(=O)N(CCCCCC)C(C)c1nc2ccccc2c(=O)n1-c1ccccc1OCC. The number of fused-ring (bicyclic) bond motifs is 1. The fraction of sp³-hybridized carbons (Fsp3) is 0.516. The van der Waals surface area contributed by atoms with Gasteiger partial charge in [0.25, 0.3) is 5.56 Å². The second-order valence-corrected chi connectivity index (χ2v) is 9.66. The molecule has 0 N–H and O–H groups in total. The molecule has 0 radical (unpaired) electrons. The second-order valence-electron chi connectivity index (χ2n) is 9.66. The molecular formula is C31H43N3O3. The molecule has 1 amide bonds. The summed E-state index contributed by atoms with van der Waals surface area (Å²) in [5.74, 6) is 1.32. The van der Waals surface area contributed by atoms with Crippen molar-refractivity contribution in [2.45, 2.75) is 91.5 Å². The van der Waals surface area contributed by atoms with Gasteiger partial charge >= 0.3 is 0 Å². The summed E-state index contributed by atoms with van der Waals surface area (Å²) in [5, 5.41) is 0.546. The van der Waals surface area contributed by atoms with Gasteiger partial charge in [0.15, 0.2) is 0 Å². The Balaban J connectivity index is 2.10. The maximum Gasteiger partial charge on any atom is 0.266 e. The molecule has 0 bridgehead atoms. The quantitative estimate of drug-likeness (QED) is 0.204. The smallest absolute Gasteiger partial charge is 0.266 e. The molecule has 0 saturated heterocycles. The zero-order valence-corrected chi connectivity index (χ0v) is 23.0. The maximum absolute atomic E-state index is 13.9. The van der Waals surface area contributed by atoms with Gasteiger partial charge in [-0.2, -0.15) is 0 Å². The van der Waals surface area contributed by atoms with Crippen molar-refractivity contribution in [2.75, 3.05) is 13.2 Å². The monoisotopic (exact) mass is 505 g/mol. The first-order chi connectivity index (χ1) is 18.0. The number of rotatable bonds is 15. The molecular weight excluding hydrogens is 462 g/mol. The van der Waals surface area contributed by atoms with Crippen LogP contribution in [0.1, 0.15) is 97.3 Å². The van der Waals surface area contributed by atoms with Crippen LogP contribution in [-0.2, 0) is 4.79 Å². The van der Waals surface area contributed by atoms with E-state index < -0.39 is 0 Å². The van der Waals surface area contributed by atoms with E-state index in [9.17, 15) is 9.59 Å². The van der Waals surface area contributed by atoms with Gasteiger partial charge in [0.2, 0.25) is 5.91 Å². The number of ether oxygens (including phenoxy) is 1. The lowest BCUT2D eigenvalue weighted by Crippen LogP contribution is -2.38. The zero-order valence-electron chi connectivity index (χ0n) is 23.0. The van der Waals surface area contributed by atoms with Gasteiger partial charge in [0.05, 0.1) is 29.2 Å². The largest absolute Gasteiger partial charge is 0.492 e. The normalized spacial score (nSPS) is 12.0. The van der Waals surface area contributed by atoms with Crippen LogP contribution in [0.4, 0.5) is 0 Å². The van der Waals surface area contributed by atoms with E-state index in [1.54, 1.807) is 10.6 Å². The summed E-state index contributed by atoms with van der Waals surface area (Å²) in [4.78, 5) is 34.4. The molecule has 200 valence electrons. The first-order valence-corrected chi connectivity index (χ1v) is 14.1. The second kappa shape index (κ2) is 14.6. The summed E-state index contributed by atoms with van der Waals surface area (Å²) >= 11 is 0. The van der Waals surface area contributed by atoms with Crippen LogP contribution in [0.3, 0.4) is 0 Å². The third-order valence-corrected chi connectivity index (χ3v) is 6.87. The summed E-state index contributed by atoms with van der Waals surface area (Å²) < 4.78 is 7.56. The highest BCUT2D eigenvalue weighted by molar-refractivity contribution is 5.79. The Kier molecular flexibility index (Phi) is 11.2. The van der Waals surface area contributed by atoms with Gasteiger partial charge in [0, 0.05) is 13.0 Å². The van der Waals surface area contributed by atoms with Crippen molar-refractivity contribution in [2.24, 2.45) is 0 Å². The van der Waals surface area contributed by atoms with Crippen LogP contribution >= 0.6 is 0 Å². The number of hydrogen-bond donors (Lipinski definition) is 0. The third kappa shape index (κ3) is 7.21. The topological polar surface area (TPSA) is 64.4 Å². The fourth-order valence-corrected chi connectivity index (χ4v) is 4.81. The van der Waals surface area contributed by atoms with Gasteiger partial charge in [-0.3, -0.25) is 14.2 Å². The molecule has 0 aliphatic rings. The van der Waals surface area contributed by atoms with Gasteiger partial charge in [-0.05, 0) is 51.0 Å². The molecule has 3 rings (SSSR count). The Morgan fingerprint density at radius 1 is 0.919 bits per heavy atom. The molecule has 0 spiro atoms. The molecule has 1 heterocycles. The molecule has 0 fully saturated rings. The van der Waals surface area contributed by atoms with Crippen LogP contribution in [0, 0.1) is 0 Å². The van der Waals surface area contributed by atoms with Gasteiger partial charge in [-0.15, -0.1) is 0 Å². The van der Waals surface area contributed by atoms with Crippen LogP contribution in [0.5, 0.6) is 5.75 Å². The average molecular weight is 506 g/mol. The maximum atomic E-state index is 13.9. The molecule has 1 atom stereocenters. The number of benzene rings is 2. The Bertz CT molecular complexity index is 1200. The lowest BCUT2D eigenvalue weighted by Gasteiger charge is -2.31. The summed E-state index contributed by atoms with van der Waals surface area (Å²) in [6.45, 7) is 9.43. The summed E-state index contributed by atoms with van der Waals surface area (Å²) in [5.41, 5.74) is 1.14. The van der Waals surface area contributed by atoms with Crippen molar-refractivity contribution in [3.8, 4) is 11.4 Å². The van der Waals surface area contributed by atoms with E-state index in [2.05, 4.69) is 13.8 Å². The van der Waals surface area contributed by atoms with Gasteiger partial charge in [-0.25, -0.2) is 4.98 Å². The highest BCUT2D eigenvalue weighted by Crippen LogP contribution is 2.28. The van der Waals surface area contributed by atoms with Gasteiger partial charge in [-0.1, -0.05) is 76.6 Å². The van der Waals surface area contributed by atoms with E-state index in [0.717, 1.165) is 51.4 Å². The average Bonchev–Trinajstić information content (AvgIpc) is 2.91. The number of para-hydroxylation sites is 3. The van der Waals surface area contributed by atoms with Crippen molar-refractivity contribution >= 4 is 16.8 Å². The molecule has 1 aromatic heterocycles. The number of amides is 1. The number of nitrogens with zero attached hydrogens (tertiary/aromatic N) is 3. The number of carbonyl (C=O) groups is 1. The third-order valence-electron chi connectivity index (χ3n) is 6.87. The Hall–Kier alpha value is -3.15. The van der Waals surface area contributed by atoms with Crippen LogP contribution in [0.2, 0.25) is 0 Å². The number of aromatic nitrogens is 2. The summed E-state index contributed by atoms with van der Waals surface area (Å²) in [7, 11) is 0. The predicted molar refractivity (Wildman–Crippen MR) is 152 cm³/mol. The Labute approximate surface area is 221 Å². The Morgan fingerprint density at radius 3 is 2.32 bits per heavy atom. The van der Waals surface area contributed by atoms with E-state index in [-0.39, 0.29) is 17.5 Å². The minimum atomic E-state index is -0.368. The van der Waals surface area contributed by atoms with Crippen LogP contribution in [0.15, 0.2) is 53.3 Å². The van der Waals surface area contributed by atoms with E-state index in [4.69, 9.17) is 9.72 Å². The lowest BCUT2D eigenvalue weighted by atomic mass is 10.1. The van der Waals surface area contributed by atoms with Crippen molar-refractivity contribution in [1.29, 1.82) is 0 Å². The number of unbranched alkanes of at least 4 members (excludes halogenated alkanes) is 6. The van der Waals surface area contributed by atoms with E-state index >= 15 is 0 Å². The van der Waals surface area contributed by atoms with Crippen molar-refractivity contribution in [3.05, 3.63) is 64.7 Å². The van der Waals surface area contributed by atoms with Gasteiger partial charge < -0.3 is 9.64 Å². The van der Waals surface area contributed by atoms with Crippen LogP contribution in [0.25, 0.3) is 16.6 Å². The molecule has 3 aromatic rings. The van der Waals surface area contributed by atoms with E-state index in [0.29, 0.717) is 47.7 Å². The molecule has 37 heavy (non-hydrogen) atoms. The highest BCUT2D eigenvalue weighted by Gasteiger charge is 2.27. The highest BCUT2D eigenvalue weighted by atomic mass is 16.5. The number of hydrogen-bond acceptors (Lipinski definition) is 4. The fourth-order valence-electron chi connectivity index (χ4n) is 4.81. The first-order valence-electron chi connectivity index (χ1n) is 14.1. The zero-order chi connectivity index (χ0) is 26.6. The van der Waals surface area contributed by atoms with E-state index in [1.807, 2.05) is 61.2 Å². The van der Waals surface area contributed by atoms with Crippen molar-refractivity contribution in [3.63, 3.8) is 0 Å². The lowest BCUT2D eigenvalue weighted by molar-refractivity contribution is -0.133. The molecule has 0 aliphatic heterocycles. The van der Waals surface area contributed by atoms with Gasteiger partial charge in [0.1, 0.15) is 11.6 Å². The molecule has 0 aliphatic carbocycles. The van der Waals surface area contributed by atoms with E-state index in [1.165, 1.54) is 0 Å². The van der Waals surface area contributed by atoms with Crippen LogP contribution < -0.4 is 10.3 Å². The van der Waals surface area contributed by atoms with Crippen LogP contribution in [-0.4, -0.2) is 33.5 Å². The number of carbonyl (C=O) groups excluding carboxylic acids is 1. The molecule has 6 nitrogen and oxygen atoms in total. The molecule has 2 aromatic carbocycles. The predicted octanol–water partition coefficient (Wildman–Crippen LogP) is 7.22. The minimum Gasteiger partial charge on any atom is -0.492 e. The summed E-state index contributed by atoms with van der Waals surface area (Å²) in [6.07, 6.45) is 9.04. The first kappa shape index (κ1) is 28.4.